The molecule has 2 heterocycles. The quantitative estimate of drug-likeness (QED) is 0.637. The number of halogens is 3. The number of rotatable bonds is 3. The van der Waals surface area contributed by atoms with Crippen molar-refractivity contribution in [2.75, 3.05) is 6.61 Å². The second-order valence-electron chi connectivity index (χ2n) is 4.56. The monoisotopic (exact) mass is 311 g/mol. The van der Waals surface area contributed by atoms with Crippen LogP contribution >= 0.6 is 0 Å². The van der Waals surface area contributed by atoms with Crippen LogP contribution in [-0.4, -0.2) is 50.0 Å². The molecule has 1 aliphatic rings. The Morgan fingerprint density at radius 1 is 1.43 bits per heavy atom. The number of H-pyrrole nitrogens is 1. The molecule has 1 saturated heterocycles. The number of ether oxygens (including phenoxy) is 1. The number of nitrogens with zero attached hydrogens (tertiary/aromatic N) is 2. The normalized spacial score (nSPS) is 26.2. The van der Waals surface area contributed by atoms with Gasteiger partial charge in [0, 0.05) is 6.42 Å². The molecule has 2 rings (SSSR count). The summed E-state index contributed by atoms with van der Waals surface area (Å²) in [6.45, 7) is -0.523. The van der Waals surface area contributed by atoms with Crippen molar-refractivity contribution in [2.45, 2.75) is 37.5 Å². The fourth-order valence-corrected chi connectivity index (χ4v) is 1.98. The van der Waals surface area contributed by atoms with Crippen molar-refractivity contribution in [2.24, 2.45) is 0 Å². The van der Waals surface area contributed by atoms with Crippen molar-refractivity contribution in [3.05, 3.63) is 26.5 Å². The molecule has 1 aliphatic heterocycles. The molecular weight excluding hydrogens is 299 g/mol. The van der Waals surface area contributed by atoms with E-state index in [9.17, 15) is 27.9 Å². The van der Waals surface area contributed by atoms with E-state index in [1.165, 1.54) is 0 Å². The van der Waals surface area contributed by atoms with Gasteiger partial charge in [0.1, 0.15) is 11.8 Å². The number of aromatic nitrogens is 3. The number of hydrogen-bond donors (Lipinski definition) is 3. The van der Waals surface area contributed by atoms with Crippen molar-refractivity contribution in [3.63, 3.8) is 0 Å². The summed E-state index contributed by atoms with van der Waals surface area (Å²) >= 11 is 0. The van der Waals surface area contributed by atoms with Gasteiger partial charge in [-0.25, -0.2) is 4.79 Å². The lowest BCUT2D eigenvalue weighted by molar-refractivity contribution is -0.128. The van der Waals surface area contributed by atoms with Gasteiger partial charge in [0.25, 0.3) is 5.56 Å². The molecule has 0 aromatic carbocycles. The second kappa shape index (κ2) is 5.58. The maximum absolute atomic E-state index is 12.3. The summed E-state index contributed by atoms with van der Waals surface area (Å²) in [6.07, 6.45) is -9.62. The van der Waals surface area contributed by atoms with Gasteiger partial charge in [-0.15, -0.1) is 0 Å². The van der Waals surface area contributed by atoms with E-state index in [0.717, 1.165) is 0 Å². The number of aromatic amines is 1. The van der Waals surface area contributed by atoms with Crippen LogP contribution in [0.3, 0.4) is 0 Å². The Bertz CT molecular complexity index is 626. The van der Waals surface area contributed by atoms with Crippen molar-refractivity contribution in [1.29, 1.82) is 0 Å². The minimum absolute atomic E-state index is 0.143. The van der Waals surface area contributed by atoms with Crippen LogP contribution in [-0.2, 0) is 11.2 Å². The first-order valence-corrected chi connectivity index (χ1v) is 5.94. The van der Waals surface area contributed by atoms with E-state index in [-0.39, 0.29) is 6.42 Å². The smallest absolute Gasteiger partial charge is 0.394 e. The van der Waals surface area contributed by atoms with Gasteiger partial charge in [-0.05, 0) is 0 Å². The zero-order valence-corrected chi connectivity index (χ0v) is 10.5. The lowest BCUT2D eigenvalue weighted by Gasteiger charge is -2.14. The molecule has 11 heteroatoms. The predicted molar refractivity (Wildman–Crippen MR) is 60.5 cm³/mol. The van der Waals surface area contributed by atoms with Crippen molar-refractivity contribution < 1.29 is 28.1 Å². The first-order valence-electron chi connectivity index (χ1n) is 5.94. The first-order chi connectivity index (χ1) is 9.71. The fourth-order valence-electron chi connectivity index (χ4n) is 1.98. The number of nitrogens with one attached hydrogen (secondary N) is 1. The summed E-state index contributed by atoms with van der Waals surface area (Å²) in [6, 6.07) is 0. The third-order valence-corrected chi connectivity index (χ3v) is 2.94. The van der Waals surface area contributed by atoms with Gasteiger partial charge in [0.05, 0.1) is 19.1 Å². The lowest BCUT2D eigenvalue weighted by Crippen LogP contribution is -2.38. The molecule has 118 valence electrons. The largest absolute Gasteiger partial charge is 0.394 e. The maximum Gasteiger partial charge on any atom is 0.394 e. The molecule has 3 N–H and O–H groups in total. The van der Waals surface area contributed by atoms with Crippen LogP contribution in [0.5, 0.6) is 0 Å². The average Bonchev–Trinajstić information content (AvgIpc) is 2.72. The highest BCUT2D eigenvalue weighted by Gasteiger charge is 2.37. The Kier molecular flexibility index (Phi) is 4.16. The number of alkyl halides is 3. The highest BCUT2D eigenvalue weighted by Crippen LogP contribution is 2.26. The summed E-state index contributed by atoms with van der Waals surface area (Å²) < 4.78 is 42.6. The van der Waals surface area contributed by atoms with Gasteiger partial charge in [-0.2, -0.15) is 23.0 Å². The molecule has 21 heavy (non-hydrogen) atoms. The Morgan fingerprint density at radius 2 is 2.10 bits per heavy atom. The third kappa shape index (κ3) is 3.49. The van der Waals surface area contributed by atoms with E-state index in [4.69, 9.17) is 9.84 Å². The highest BCUT2D eigenvalue weighted by atomic mass is 19.4. The molecule has 0 bridgehead atoms. The van der Waals surface area contributed by atoms with E-state index in [1.54, 1.807) is 4.98 Å². The highest BCUT2D eigenvalue weighted by molar-refractivity contribution is 4.96. The molecule has 0 radical (unpaired) electrons. The molecular formula is C10H12F3N3O5. The van der Waals surface area contributed by atoms with Crippen LogP contribution in [0.1, 0.15) is 18.3 Å². The Morgan fingerprint density at radius 3 is 2.62 bits per heavy atom. The Balaban J connectivity index is 2.35. The van der Waals surface area contributed by atoms with E-state index in [1.807, 2.05) is 0 Å². The standard InChI is InChI=1S/C10H12F3N3O5/c11-10(12,13)2-4-8(19)14-9(20)16(15-4)7-1-5(18)6(3-17)21-7/h5-7,17-18H,1-3H2,(H,14,19,20)/t5-,6+,7+/m0/s1. The van der Waals surface area contributed by atoms with Gasteiger partial charge in [0.15, 0.2) is 6.23 Å². The summed E-state index contributed by atoms with van der Waals surface area (Å²) in [5.41, 5.74) is -3.17. The Labute approximate surface area is 114 Å². The summed E-state index contributed by atoms with van der Waals surface area (Å²) in [5.74, 6) is 0. The van der Waals surface area contributed by atoms with Gasteiger partial charge in [-0.1, -0.05) is 0 Å². The average molecular weight is 311 g/mol. The van der Waals surface area contributed by atoms with Gasteiger partial charge in [0.2, 0.25) is 0 Å². The molecule has 1 aromatic rings. The van der Waals surface area contributed by atoms with E-state index in [2.05, 4.69) is 5.10 Å². The van der Waals surface area contributed by atoms with Crippen LogP contribution in [0.2, 0.25) is 0 Å². The topological polar surface area (TPSA) is 117 Å². The molecule has 0 amide bonds. The first kappa shape index (κ1) is 15.7. The van der Waals surface area contributed by atoms with Gasteiger partial charge >= 0.3 is 11.9 Å². The van der Waals surface area contributed by atoms with Crippen LogP contribution < -0.4 is 11.2 Å². The summed E-state index contributed by atoms with van der Waals surface area (Å²) in [5, 5.41) is 21.8. The third-order valence-electron chi connectivity index (χ3n) is 2.94. The van der Waals surface area contributed by atoms with Crippen LogP contribution in [0, 0.1) is 0 Å². The number of aliphatic hydroxyl groups is 2. The van der Waals surface area contributed by atoms with Crippen molar-refractivity contribution in [1.82, 2.24) is 14.8 Å². The number of hydrogen-bond acceptors (Lipinski definition) is 6. The predicted octanol–water partition coefficient (Wildman–Crippen LogP) is -1.32. The molecule has 0 aliphatic carbocycles. The van der Waals surface area contributed by atoms with Crippen molar-refractivity contribution in [3.8, 4) is 0 Å². The molecule has 1 aromatic heterocycles. The fraction of sp³-hybridized carbons (Fsp3) is 0.700. The van der Waals surface area contributed by atoms with Crippen LogP contribution in [0.15, 0.2) is 9.59 Å². The molecule has 8 nitrogen and oxygen atoms in total. The molecule has 0 spiro atoms. The van der Waals surface area contributed by atoms with Crippen molar-refractivity contribution >= 4 is 0 Å². The van der Waals surface area contributed by atoms with Gasteiger partial charge < -0.3 is 14.9 Å². The van der Waals surface area contributed by atoms with E-state index >= 15 is 0 Å². The lowest BCUT2D eigenvalue weighted by atomic mass is 10.2. The minimum atomic E-state index is -4.66. The maximum atomic E-state index is 12.3. The summed E-state index contributed by atoms with van der Waals surface area (Å²) in [4.78, 5) is 24.6. The zero-order valence-electron chi connectivity index (χ0n) is 10.5. The Hall–Kier alpha value is -1.72. The molecule has 1 fully saturated rings. The SMILES string of the molecule is O=c1[nH]c(=O)n([C@H]2C[C@H](O)[C@@H](CO)O2)nc1CC(F)(F)F. The molecule has 3 atom stereocenters. The molecule has 0 saturated carbocycles. The zero-order chi connectivity index (χ0) is 15.8. The minimum Gasteiger partial charge on any atom is -0.394 e. The summed E-state index contributed by atoms with van der Waals surface area (Å²) in [7, 11) is 0. The van der Waals surface area contributed by atoms with Crippen LogP contribution in [0.4, 0.5) is 13.2 Å². The van der Waals surface area contributed by atoms with E-state index in [0.29, 0.717) is 4.68 Å². The number of aliphatic hydroxyl groups excluding tert-OH is 2. The second-order valence-corrected chi connectivity index (χ2v) is 4.56. The van der Waals surface area contributed by atoms with Crippen LogP contribution in [0.25, 0.3) is 0 Å². The van der Waals surface area contributed by atoms with E-state index < -0.39 is 54.6 Å². The van der Waals surface area contributed by atoms with Gasteiger partial charge in [-0.3, -0.25) is 9.78 Å². The molecule has 0 unspecified atom stereocenters.